The van der Waals surface area contributed by atoms with E-state index in [9.17, 15) is 8.42 Å². The van der Waals surface area contributed by atoms with Gasteiger partial charge in [0.05, 0.1) is 23.8 Å². The SMILES string of the molecule is CCNC(=NCc1ccc(S(C)(=O)=O)cc1)N1CCC(C)C(n2ccnc2)C1. The Balaban J connectivity index is 1.73. The van der Waals surface area contributed by atoms with Gasteiger partial charge in [0.1, 0.15) is 0 Å². The molecule has 8 heteroatoms. The summed E-state index contributed by atoms with van der Waals surface area (Å²) in [6.45, 7) is 7.51. The second-order valence-corrected chi connectivity index (χ2v) is 9.39. The van der Waals surface area contributed by atoms with E-state index in [-0.39, 0.29) is 0 Å². The van der Waals surface area contributed by atoms with Gasteiger partial charge in [0.15, 0.2) is 15.8 Å². The van der Waals surface area contributed by atoms with Gasteiger partial charge in [-0.3, -0.25) is 0 Å². The number of aromatic nitrogens is 2. The van der Waals surface area contributed by atoms with E-state index < -0.39 is 9.84 Å². The van der Waals surface area contributed by atoms with Crippen molar-refractivity contribution >= 4 is 15.8 Å². The van der Waals surface area contributed by atoms with Crippen LogP contribution in [-0.4, -0.2) is 54.7 Å². The first kappa shape index (κ1) is 20.4. The van der Waals surface area contributed by atoms with E-state index in [0.29, 0.717) is 23.4 Å². The Bertz CT molecular complexity index is 891. The van der Waals surface area contributed by atoms with Crippen LogP contribution >= 0.6 is 0 Å². The molecular weight excluding hydrogens is 374 g/mol. The van der Waals surface area contributed by atoms with Crippen molar-refractivity contribution in [2.24, 2.45) is 10.9 Å². The van der Waals surface area contributed by atoms with E-state index in [0.717, 1.165) is 37.6 Å². The zero-order chi connectivity index (χ0) is 20.1. The number of likely N-dealkylation sites (tertiary alicyclic amines) is 1. The van der Waals surface area contributed by atoms with E-state index in [1.165, 1.54) is 6.26 Å². The number of nitrogens with zero attached hydrogens (tertiary/aromatic N) is 4. The second kappa shape index (κ2) is 8.77. The molecule has 0 amide bonds. The normalized spacial score (nSPS) is 21.0. The Labute approximate surface area is 167 Å². The van der Waals surface area contributed by atoms with Gasteiger partial charge >= 0.3 is 0 Å². The van der Waals surface area contributed by atoms with Gasteiger partial charge < -0.3 is 14.8 Å². The molecule has 1 saturated heterocycles. The lowest BCUT2D eigenvalue weighted by Gasteiger charge is -2.39. The van der Waals surface area contributed by atoms with E-state index in [2.05, 4.69) is 33.6 Å². The monoisotopic (exact) mass is 403 g/mol. The zero-order valence-electron chi connectivity index (χ0n) is 16.7. The summed E-state index contributed by atoms with van der Waals surface area (Å²) in [4.78, 5) is 11.6. The molecule has 28 heavy (non-hydrogen) atoms. The molecule has 0 radical (unpaired) electrons. The molecule has 0 saturated carbocycles. The molecule has 2 heterocycles. The Morgan fingerprint density at radius 2 is 2.07 bits per heavy atom. The number of benzene rings is 1. The predicted molar refractivity (Wildman–Crippen MR) is 111 cm³/mol. The van der Waals surface area contributed by atoms with E-state index >= 15 is 0 Å². The second-order valence-electron chi connectivity index (χ2n) is 7.38. The molecule has 7 nitrogen and oxygen atoms in total. The average molecular weight is 404 g/mol. The van der Waals surface area contributed by atoms with Gasteiger partial charge in [-0.15, -0.1) is 0 Å². The van der Waals surface area contributed by atoms with Gasteiger partial charge in [-0.1, -0.05) is 19.1 Å². The maximum absolute atomic E-state index is 11.6. The van der Waals surface area contributed by atoms with Crippen molar-refractivity contribution in [2.75, 3.05) is 25.9 Å². The molecule has 1 aromatic carbocycles. The summed E-state index contributed by atoms with van der Waals surface area (Å²) < 4.78 is 25.4. The minimum Gasteiger partial charge on any atom is -0.357 e. The number of piperidine rings is 1. The van der Waals surface area contributed by atoms with Gasteiger partial charge in [-0.2, -0.15) is 0 Å². The highest BCUT2D eigenvalue weighted by Crippen LogP contribution is 2.27. The molecule has 2 atom stereocenters. The standard InChI is InChI=1S/C20H29N5O2S/c1-4-22-20(23-13-17-5-7-18(8-6-17)28(3,26)27)24-11-9-16(2)19(14-24)25-12-10-21-15-25/h5-8,10,12,15-16,19H,4,9,11,13-14H2,1-3H3,(H,22,23). The van der Waals surface area contributed by atoms with Crippen LogP contribution in [0, 0.1) is 5.92 Å². The molecule has 1 aliphatic heterocycles. The lowest BCUT2D eigenvalue weighted by Crippen LogP contribution is -2.49. The molecule has 1 N–H and O–H groups in total. The molecule has 1 fully saturated rings. The minimum absolute atomic E-state index is 0.334. The summed E-state index contributed by atoms with van der Waals surface area (Å²) in [6.07, 6.45) is 8.05. The largest absolute Gasteiger partial charge is 0.357 e. The first-order chi connectivity index (χ1) is 13.4. The number of imidazole rings is 1. The summed E-state index contributed by atoms with van der Waals surface area (Å²) in [6, 6.07) is 7.32. The Hall–Kier alpha value is -2.35. The van der Waals surface area contributed by atoms with Gasteiger partial charge in [0.2, 0.25) is 0 Å². The van der Waals surface area contributed by atoms with Crippen molar-refractivity contribution in [1.82, 2.24) is 19.8 Å². The number of rotatable bonds is 5. The fourth-order valence-corrected chi connectivity index (χ4v) is 4.16. The number of hydrogen-bond acceptors (Lipinski definition) is 4. The predicted octanol–water partition coefficient (Wildman–Crippen LogP) is 2.34. The third kappa shape index (κ3) is 4.92. The fourth-order valence-electron chi connectivity index (χ4n) is 3.53. The van der Waals surface area contributed by atoms with Crippen LogP contribution < -0.4 is 5.32 Å². The lowest BCUT2D eigenvalue weighted by atomic mass is 9.93. The number of sulfone groups is 1. The van der Waals surface area contributed by atoms with Crippen LogP contribution in [0.2, 0.25) is 0 Å². The molecule has 3 rings (SSSR count). The minimum atomic E-state index is -3.17. The lowest BCUT2D eigenvalue weighted by molar-refractivity contribution is 0.189. The van der Waals surface area contributed by atoms with Crippen LogP contribution in [0.3, 0.4) is 0 Å². The topological polar surface area (TPSA) is 79.6 Å². The van der Waals surface area contributed by atoms with Crippen LogP contribution in [-0.2, 0) is 16.4 Å². The van der Waals surface area contributed by atoms with Crippen molar-refractivity contribution in [3.05, 3.63) is 48.5 Å². The molecule has 1 aliphatic rings. The highest BCUT2D eigenvalue weighted by atomic mass is 32.2. The highest BCUT2D eigenvalue weighted by Gasteiger charge is 2.28. The number of guanidine groups is 1. The molecule has 2 unspecified atom stereocenters. The molecule has 0 spiro atoms. The summed E-state index contributed by atoms with van der Waals surface area (Å²) in [5, 5.41) is 3.39. The first-order valence-electron chi connectivity index (χ1n) is 9.68. The average Bonchev–Trinajstić information content (AvgIpc) is 3.20. The Kier molecular flexibility index (Phi) is 6.39. The van der Waals surface area contributed by atoms with Crippen molar-refractivity contribution in [1.29, 1.82) is 0 Å². The van der Waals surface area contributed by atoms with E-state index in [1.54, 1.807) is 12.1 Å². The molecule has 1 aromatic heterocycles. The zero-order valence-corrected chi connectivity index (χ0v) is 17.6. The molecule has 0 bridgehead atoms. The van der Waals surface area contributed by atoms with E-state index in [1.807, 2.05) is 30.9 Å². The number of aliphatic imine (C=N–C) groups is 1. The van der Waals surface area contributed by atoms with Crippen molar-refractivity contribution < 1.29 is 8.42 Å². The Morgan fingerprint density at radius 1 is 1.32 bits per heavy atom. The molecular formula is C20H29N5O2S. The van der Waals surface area contributed by atoms with Crippen LogP contribution in [0.25, 0.3) is 0 Å². The first-order valence-corrected chi connectivity index (χ1v) is 11.6. The smallest absolute Gasteiger partial charge is 0.194 e. The third-order valence-electron chi connectivity index (χ3n) is 5.22. The molecule has 2 aromatic rings. The third-order valence-corrected chi connectivity index (χ3v) is 6.35. The molecule has 0 aliphatic carbocycles. The quantitative estimate of drug-likeness (QED) is 0.612. The fraction of sp³-hybridized carbons (Fsp3) is 0.500. The van der Waals surface area contributed by atoms with Crippen molar-refractivity contribution in [3.63, 3.8) is 0 Å². The van der Waals surface area contributed by atoms with Gasteiger partial charge in [-0.25, -0.2) is 18.4 Å². The van der Waals surface area contributed by atoms with Crippen LogP contribution in [0.4, 0.5) is 0 Å². The van der Waals surface area contributed by atoms with Crippen LogP contribution in [0.1, 0.15) is 31.9 Å². The maximum atomic E-state index is 11.6. The van der Waals surface area contributed by atoms with Gasteiger partial charge in [0, 0.05) is 38.3 Å². The number of nitrogens with one attached hydrogen (secondary N) is 1. The summed E-state index contributed by atoms with van der Waals surface area (Å²) in [7, 11) is -3.17. The van der Waals surface area contributed by atoms with E-state index in [4.69, 9.17) is 4.99 Å². The van der Waals surface area contributed by atoms with Crippen LogP contribution in [0.15, 0.2) is 52.9 Å². The van der Waals surface area contributed by atoms with Crippen LogP contribution in [0.5, 0.6) is 0 Å². The highest BCUT2D eigenvalue weighted by molar-refractivity contribution is 7.90. The maximum Gasteiger partial charge on any atom is 0.194 e. The Morgan fingerprint density at radius 3 is 2.68 bits per heavy atom. The van der Waals surface area contributed by atoms with Gasteiger partial charge in [-0.05, 0) is 37.0 Å². The van der Waals surface area contributed by atoms with Crippen molar-refractivity contribution in [2.45, 2.75) is 37.8 Å². The number of hydrogen-bond donors (Lipinski definition) is 1. The summed E-state index contributed by atoms with van der Waals surface area (Å²) >= 11 is 0. The summed E-state index contributed by atoms with van der Waals surface area (Å²) in [5.74, 6) is 1.48. The van der Waals surface area contributed by atoms with Gasteiger partial charge in [0.25, 0.3) is 0 Å². The molecule has 152 valence electrons. The summed E-state index contributed by atoms with van der Waals surface area (Å²) in [5.41, 5.74) is 0.986. The van der Waals surface area contributed by atoms with Crippen molar-refractivity contribution in [3.8, 4) is 0 Å².